The summed E-state index contributed by atoms with van der Waals surface area (Å²) in [5.74, 6) is 0.842. The predicted molar refractivity (Wildman–Crippen MR) is 104 cm³/mol. The van der Waals surface area contributed by atoms with Crippen LogP contribution >= 0.6 is 11.8 Å². The van der Waals surface area contributed by atoms with E-state index in [9.17, 15) is 4.79 Å². The Bertz CT molecular complexity index is 845. The first-order valence-electron chi connectivity index (χ1n) is 9.00. The van der Waals surface area contributed by atoms with Crippen LogP contribution in [0.4, 0.5) is 0 Å². The third-order valence-electron chi connectivity index (χ3n) is 4.12. The van der Waals surface area contributed by atoms with Gasteiger partial charge in [-0.15, -0.1) is 5.10 Å². The molecule has 2 heterocycles. The minimum absolute atomic E-state index is 0.103. The number of thioether (sulfide) groups is 1. The van der Waals surface area contributed by atoms with Crippen molar-refractivity contribution in [2.24, 2.45) is 0 Å². The van der Waals surface area contributed by atoms with Crippen molar-refractivity contribution in [1.82, 2.24) is 25.5 Å². The Morgan fingerprint density at radius 3 is 2.81 bits per heavy atom. The lowest BCUT2D eigenvalue weighted by molar-refractivity contribution is -0.119. The number of carbonyl (C=O) groups excluding carboxylic acids is 1. The molecule has 3 aromatic rings. The molecule has 142 valence electrons. The molecule has 3 rings (SSSR count). The molecule has 7 nitrogen and oxygen atoms in total. The van der Waals surface area contributed by atoms with Gasteiger partial charge in [-0.1, -0.05) is 37.2 Å². The van der Waals surface area contributed by atoms with E-state index < -0.39 is 0 Å². The average Bonchev–Trinajstić information content (AvgIpc) is 3.37. The summed E-state index contributed by atoms with van der Waals surface area (Å²) in [5.41, 5.74) is 2.18. The quantitative estimate of drug-likeness (QED) is 0.567. The number of unbranched alkanes of at least 4 members (excludes halogenated alkanes) is 1. The molecule has 0 aliphatic carbocycles. The van der Waals surface area contributed by atoms with E-state index >= 15 is 0 Å². The van der Waals surface area contributed by atoms with Crippen LogP contribution in [-0.2, 0) is 11.2 Å². The molecule has 0 radical (unpaired) electrons. The fourth-order valence-corrected chi connectivity index (χ4v) is 3.34. The normalized spacial score (nSPS) is 12.1. The van der Waals surface area contributed by atoms with Crippen LogP contribution < -0.4 is 5.32 Å². The van der Waals surface area contributed by atoms with Crippen LogP contribution in [0.5, 0.6) is 0 Å². The molecule has 1 N–H and O–H groups in total. The van der Waals surface area contributed by atoms with E-state index in [1.807, 2.05) is 25.1 Å². The molecule has 27 heavy (non-hydrogen) atoms. The largest absolute Gasteiger partial charge is 0.467 e. The van der Waals surface area contributed by atoms with E-state index in [2.05, 4.69) is 39.9 Å². The van der Waals surface area contributed by atoms with Crippen LogP contribution in [0.2, 0.25) is 0 Å². The number of amides is 1. The van der Waals surface area contributed by atoms with Crippen molar-refractivity contribution in [1.29, 1.82) is 0 Å². The monoisotopic (exact) mass is 385 g/mol. The Morgan fingerprint density at radius 1 is 1.30 bits per heavy atom. The minimum Gasteiger partial charge on any atom is -0.467 e. The molecule has 0 fully saturated rings. The maximum absolute atomic E-state index is 12.2. The maximum atomic E-state index is 12.2. The average molecular weight is 385 g/mol. The SMILES string of the molecule is CCCCc1ccc(-n2nnnc2SCC(=O)NC(C)c2ccco2)cc1. The van der Waals surface area contributed by atoms with Gasteiger partial charge in [0.05, 0.1) is 23.7 Å². The van der Waals surface area contributed by atoms with Crippen molar-refractivity contribution >= 4 is 17.7 Å². The number of aromatic nitrogens is 4. The second-order valence-corrected chi connectivity index (χ2v) is 7.18. The number of benzene rings is 1. The topological polar surface area (TPSA) is 85.8 Å². The Labute approximate surface area is 162 Å². The molecule has 0 saturated heterocycles. The number of aryl methyl sites for hydroxylation is 1. The van der Waals surface area contributed by atoms with Gasteiger partial charge in [-0.2, -0.15) is 4.68 Å². The smallest absolute Gasteiger partial charge is 0.231 e. The molecule has 0 spiro atoms. The van der Waals surface area contributed by atoms with Gasteiger partial charge in [0, 0.05) is 0 Å². The highest BCUT2D eigenvalue weighted by atomic mass is 32.2. The van der Waals surface area contributed by atoms with E-state index in [4.69, 9.17) is 4.42 Å². The van der Waals surface area contributed by atoms with E-state index in [0.717, 1.165) is 17.9 Å². The van der Waals surface area contributed by atoms with Crippen LogP contribution in [0, 0.1) is 0 Å². The molecular weight excluding hydrogens is 362 g/mol. The molecule has 1 unspecified atom stereocenters. The highest BCUT2D eigenvalue weighted by Gasteiger charge is 2.15. The summed E-state index contributed by atoms with van der Waals surface area (Å²) in [6, 6.07) is 11.7. The number of carbonyl (C=O) groups is 1. The number of rotatable bonds is 9. The molecule has 0 aliphatic heterocycles. The van der Waals surface area contributed by atoms with E-state index in [1.165, 1.54) is 30.2 Å². The van der Waals surface area contributed by atoms with Crippen LogP contribution in [0.3, 0.4) is 0 Å². The molecule has 0 saturated carbocycles. The van der Waals surface area contributed by atoms with E-state index in [0.29, 0.717) is 5.16 Å². The minimum atomic E-state index is -0.181. The highest BCUT2D eigenvalue weighted by Crippen LogP contribution is 2.19. The first-order chi connectivity index (χ1) is 13.2. The molecule has 2 aromatic heterocycles. The van der Waals surface area contributed by atoms with Crippen LogP contribution in [0.25, 0.3) is 5.69 Å². The van der Waals surface area contributed by atoms with Crippen LogP contribution in [0.1, 0.15) is 44.1 Å². The van der Waals surface area contributed by atoms with E-state index in [1.54, 1.807) is 17.0 Å². The third-order valence-corrected chi connectivity index (χ3v) is 5.04. The van der Waals surface area contributed by atoms with E-state index in [-0.39, 0.29) is 17.7 Å². The fraction of sp³-hybridized carbons (Fsp3) is 0.368. The molecule has 0 aliphatic rings. The maximum Gasteiger partial charge on any atom is 0.231 e. The van der Waals surface area contributed by atoms with Crippen molar-refractivity contribution in [3.8, 4) is 5.69 Å². The number of hydrogen-bond acceptors (Lipinski definition) is 6. The number of nitrogens with zero attached hydrogens (tertiary/aromatic N) is 4. The van der Waals surface area contributed by atoms with Gasteiger partial charge in [0.15, 0.2) is 0 Å². The lowest BCUT2D eigenvalue weighted by Crippen LogP contribution is -2.28. The second kappa shape index (κ2) is 9.36. The fourth-order valence-electron chi connectivity index (χ4n) is 2.64. The lowest BCUT2D eigenvalue weighted by atomic mass is 10.1. The van der Waals surface area contributed by atoms with Crippen molar-refractivity contribution in [2.75, 3.05) is 5.75 Å². The van der Waals surface area contributed by atoms with Crippen molar-refractivity contribution in [2.45, 2.75) is 44.3 Å². The zero-order valence-corrected chi connectivity index (χ0v) is 16.3. The van der Waals surface area contributed by atoms with Gasteiger partial charge in [0.25, 0.3) is 0 Å². The van der Waals surface area contributed by atoms with Gasteiger partial charge in [-0.3, -0.25) is 4.79 Å². The first kappa shape index (κ1) is 19.2. The third kappa shape index (κ3) is 5.19. The zero-order valence-electron chi connectivity index (χ0n) is 15.5. The molecule has 0 bridgehead atoms. The Balaban J connectivity index is 1.57. The zero-order chi connectivity index (χ0) is 19.1. The van der Waals surface area contributed by atoms with Gasteiger partial charge in [-0.05, 0) is 60.0 Å². The Morgan fingerprint density at radius 2 is 2.11 bits per heavy atom. The number of tetrazole rings is 1. The summed E-state index contributed by atoms with van der Waals surface area (Å²) in [7, 11) is 0. The van der Waals surface area contributed by atoms with Crippen molar-refractivity contribution in [3.05, 3.63) is 54.0 Å². The number of furan rings is 1. The standard InChI is InChI=1S/C19H23N5O2S/c1-3-4-6-15-8-10-16(11-9-15)24-19(21-22-23-24)27-13-18(25)20-14(2)17-7-5-12-26-17/h5,7-12,14H,3-4,6,13H2,1-2H3,(H,20,25). The van der Waals surface area contributed by atoms with Crippen LogP contribution in [0.15, 0.2) is 52.2 Å². The van der Waals surface area contributed by atoms with Gasteiger partial charge in [0.2, 0.25) is 11.1 Å². The molecule has 1 atom stereocenters. The van der Waals surface area contributed by atoms with Crippen molar-refractivity contribution in [3.63, 3.8) is 0 Å². The van der Waals surface area contributed by atoms with Gasteiger partial charge >= 0.3 is 0 Å². The molecule has 1 amide bonds. The number of nitrogens with one attached hydrogen (secondary N) is 1. The first-order valence-corrected chi connectivity index (χ1v) is 9.99. The lowest BCUT2D eigenvalue weighted by Gasteiger charge is -2.11. The summed E-state index contributed by atoms with van der Waals surface area (Å²) < 4.78 is 6.95. The van der Waals surface area contributed by atoms with Crippen LogP contribution in [-0.4, -0.2) is 31.9 Å². The van der Waals surface area contributed by atoms with Gasteiger partial charge in [0.1, 0.15) is 5.76 Å². The van der Waals surface area contributed by atoms with Gasteiger partial charge in [-0.25, -0.2) is 0 Å². The second-order valence-electron chi connectivity index (χ2n) is 6.24. The predicted octanol–water partition coefficient (Wildman–Crippen LogP) is 3.57. The Kier molecular flexibility index (Phi) is 6.64. The summed E-state index contributed by atoms with van der Waals surface area (Å²) in [5, 5.41) is 15.3. The molecular formula is C19H23N5O2S. The van der Waals surface area contributed by atoms with Gasteiger partial charge < -0.3 is 9.73 Å². The summed E-state index contributed by atoms with van der Waals surface area (Å²) >= 11 is 1.30. The highest BCUT2D eigenvalue weighted by molar-refractivity contribution is 7.99. The summed E-state index contributed by atoms with van der Waals surface area (Å²) in [6.07, 6.45) is 5.02. The molecule has 1 aromatic carbocycles. The number of hydrogen-bond donors (Lipinski definition) is 1. The Hall–Kier alpha value is -2.61. The summed E-state index contributed by atoms with van der Waals surface area (Å²) in [4.78, 5) is 12.2. The van der Waals surface area contributed by atoms with Crippen molar-refractivity contribution < 1.29 is 9.21 Å². The summed E-state index contributed by atoms with van der Waals surface area (Å²) in [6.45, 7) is 4.07. The molecule has 8 heteroatoms.